The summed E-state index contributed by atoms with van der Waals surface area (Å²) in [6.07, 6.45) is 3.45. The molecule has 0 saturated carbocycles. The van der Waals surface area contributed by atoms with Crippen molar-refractivity contribution in [2.75, 3.05) is 6.54 Å². The Hall–Kier alpha value is -1.06. The summed E-state index contributed by atoms with van der Waals surface area (Å²) in [7, 11) is 0. The van der Waals surface area contributed by atoms with E-state index in [1.165, 1.54) is 0 Å². The van der Waals surface area contributed by atoms with E-state index in [0.29, 0.717) is 26.6 Å². The first-order valence-corrected chi connectivity index (χ1v) is 8.40. The molecular formula is C17H14Cl4N2. The molecule has 23 heavy (non-hydrogen) atoms. The number of aliphatic imine (C=N–C) groups is 2. The highest BCUT2D eigenvalue weighted by molar-refractivity contribution is 6.36. The average molecular weight is 388 g/mol. The lowest BCUT2D eigenvalue weighted by molar-refractivity contribution is 0.761. The van der Waals surface area contributed by atoms with E-state index < -0.39 is 0 Å². The van der Waals surface area contributed by atoms with E-state index in [1.807, 2.05) is 19.1 Å². The van der Waals surface area contributed by atoms with Crippen molar-refractivity contribution >= 4 is 58.8 Å². The van der Waals surface area contributed by atoms with E-state index >= 15 is 0 Å². The van der Waals surface area contributed by atoms with Crippen LogP contribution in [-0.2, 0) is 0 Å². The van der Waals surface area contributed by atoms with Crippen LogP contribution in [0, 0.1) is 0 Å². The van der Waals surface area contributed by atoms with Crippen molar-refractivity contribution in [2.24, 2.45) is 9.98 Å². The van der Waals surface area contributed by atoms with Gasteiger partial charge in [-0.25, -0.2) is 0 Å². The maximum atomic E-state index is 6.10. The SMILES string of the molecule is CC(CN=Cc1ccc(Cl)cc1Cl)N=Cc1ccc(Cl)cc1Cl. The number of rotatable bonds is 5. The van der Waals surface area contributed by atoms with Crippen molar-refractivity contribution in [3.63, 3.8) is 0 Å². The highest BCUT2D eigenvalue weighted by atomic mass is 35.5. The van der Waals surface area contributed by atoms with E-state index in [1.54, 1.807) is 36.7 Å². The molecule has 1 unspecified atom stereocenters. The Balaban J connectivity index is 1.95. The van der Waals surface area contributed by atoms with Gasteiger partial charge in [0.2, 0.25) is 0 Å². The number of halogens is 4. The summed E-state index contributed by atoms with van der Waals surface area (Å²) in [4.78, 5) is 8.79. The van der Waals surface area contributed by atoms with Gasteiger partial charge in [0, 0.05) is 33.6 Å². The minimum atomic E-state index is 0.0177. The van der Waals surface area contributed by atoms with Crippen molar-refractivity contribution in [3.05, 3.63) is 67.6 Å². The standard InChI is InChI=1S/C17H14Cl4N2/c1-11(23-10-13-3-5-15(19)7-17(13)21)8-22-9-12-2-4-14(18)6-16(12)20/h2-7,9-11H,8H2,1H3. The molecule has 0 aliphatic carbocycles. The van der Waals surface area contributed by atoms with Crippen molar-refractivity contribution in [3.8, 4) is 0 Å². The molecule has 1 atom stereocenters. The van der Waals surface area contributed by atoms with Gasteiger partial charge in [0.05, 0.1) is 22.6 Å². The molecular weight excluding hydrogens is 374 g/mol. The fourth-order valence-corrected chi connectivity index (χ4v) is 2.69. The number of hydrogen-bond acceptors (Lipinski definition) is 2. The zero-order valence-electron chi connectivity index (χ0n) is 12.3. The molecule has 0 spiro atoms. The summed E-state index contributed by atoms with van der Waals surface area (Å²) in [6.45, 7) is 2.52. The molecule has 0 aliphatic rings. The largest absolute Gasteiger partial charge is 0.290 e. The second kappa shape index (κ2) is 8.70. The predicted octanol–water partition coefficient (Wildman–Crippen LogP) is 6.23. The maximum absolute atomic E-state index is 6.10. The molecule has 0 amide bonds. The van der Waals surface area contributed by atoms with Gasteiger partial charge in [-0.05, 0) is 31.2 Å². The second-order valence-corrected chi connectivity index (χ2v) is 6.64. The first kappa shape index (κ1) is 18.3. The van der Waals surface area contributed by atoms with E-state index in [9.17, 15) is 0 Å². The zero-order chi connectivity index (χ0) is 16.8. The average Bonchev–Trinajstić information content (AvgIpc) is 2.48. The highest BCUT2D eigenvalue weighted by Crippen LogP contribution is 2.20. The number of benzene rings is 2. The van der Waals surface area contributed by atoms with Crippen molar-refractivity contribution in [1.82, 2.24) is 0 Å². The van der Waals surface area contributed by atoms with Gasteiger partial charge in [0.25, 0.3) is 0 Å². The molecule has 2 aromatic rings. The molecule has 2 rings (SSSR count). The Bertz CT molecular complexity index is 741. The zero-order valence-corrected chi connectivity index (χ0v) is 15.3. The fourth-order valence-electron chi connectivity index (χ4n) is 1.77. The first-order valence-electron chi connectivity index (χ1n) is 6.89. The molecule has 6 heteroatoms. The molecule has 0 radical (unpaired) electrons. The van der Waals surface area contributed by atoms with Crippen LogP contribution in [0.15, 0.2) is 46.4 Å². The van der Waals surface area contributed by atoms with Gasteiger partial charge in [0.15, 0.2) is 0 Å². The predicted molar refractivity (Wildman–Crippen MR) is 102 cm³/mol. The molecule has 0 aliphatic heterocycles. The molecule has 0 fully saturated rings. The Morgan fingerprint density at radius 1 is 0.870 bits per heavy atom. The summed E-state index contributed by atoms with van der Waals surface area (Å²) in [6, 6.07) is 10.6. The lowest BCUT2D eigenvalue weighted by Crippen LogP contribution is -2.04. The number of nitrogens with zero attached hydrogens (tertiary/aromatic N) is 2. The number of hydrogen-bond donors (Lipinski definition) is 0. The van der Waals surface area contributed by atoms with Crippen LogP contribution < -0.4 is 0 Å². The summed E-state index contributed by atoms with van der Waals surface area (Å²) in [5.74, 6) is 0. The summed E-state index contributed by atoms with van der Waals surface area (Å²) in [5, 5.41) is 2.35. The van der Waals surface area contributed by atoms with E-state index in [4.69, 9.17) is 46.4 Å². The van der Waals surface area contributed by atoms with Gasteiger partial charge in [-0.15, -0.1) is 0 Å². The van der Waals surface area contributed by atoms with Crippen LogP contribution in [0.2, 0.25) is 20.1 Å². The quantitative estimate of drug-likeness (QED) is 0.543. The van der Waals surface area contributed by atoms with Crippen LogP contribution in [0.4, 0.5) is 0 Å². The van der Waals surface area contributed by atoms with Gasteiger partial charge in [-0.2, -0.15) is 0 Å². The smallest absolute Gasteiger partial charge is 0.0666 e. The minimum Gasteiger partial charge on any atom is -0.290 e. The third-order valence-electron chi connectivity index (χ3n) is 2.99. The van der Waals surface area contributed by atoms with Crippen LogP contribution in [0.5, 0.6) is 0 Å². The van der Waals surface area contributed by atoms with Crippen LogP contribution in [0.3, 0.4) is 0 Å². The van der Waals surface area contributed by atoms with Crippen molar-refractivity contribution < 1.29 is 0 Å². The van der Waals surface area contributed by atoms with E-state index in [0.717, 1.165) is 11.1 Å². The maximum Gasteiger partial charge on any atom is 0.0666 e. The molecule has 0 bridgehead atoms. The van der Waals surface area contributed by atoms with Gasteiger partial charge < -0.3 is 0 Å². The molecule has 120 valence electrons. The van der Waals surface area contributed by atoms with Crippen LogP contribution in [0.1, 0.15) is 18.1 Å². The Kier molecular flexibility index (Phi) is 6.91. The summed E-state index contributed by atoms with van der Waals surface area (Å²) < 4.78 is 0. The van der Waals surface area contributed by atoms with E-state index in [-0.39, 0.29) is 6.04 Å². The molecule has 2 nitrogen and oxygen atoms in total. The Labute approximate surface area is 155 Å². The van der Waals surface area contributed by atoms with Gasteiger partial charge in [-0.1, -0.05) is 58.5 Å². The van der Waals surface area contributed by atoms with E-state index in [2.05, 4.69) is 9.98 Å². The lowest BCUT2D eigenvalue weighted by Gasteiger charge is -2.03. The van der Waals surface area contributed by atoms with Gasteiger partial charge in [0.1, 0.15) is 0 Å². The normalized spacial score (nSPS) is 13.1. The molecule has 0 saturated heterocycles. The summed E-state index contributed by atoms with van der Waals surface area (Å²) in [5.41, 5.74) is 1.65. The Morgan fingerprint density at radius 3 is 1.91 bits per heavy atom. The first-order chi connectivity index (χ1) is 11.0. The highest BCUT2D eigenvalue weighted by Gasteiger charge is 2.01. The van der Waals surface area contributed by atoms with Crippen LogP contribution >= 0.6 is 46.4 Å². The van der Waals surface area contributed by atoms with Crippen molar-refractivity contribution in [2.45, 2.75) is 13.0 Å². The molecule has 0 N–H and O–H groups in total. The molecule has 0 heterocycles. The fraction of sp³-hybridized carbons (Fsp3) is 0.176. The monoisotopic (exact) mass is 386 g/mol. The topological polar surface area (TPSA) is 24.7 Å². The second-order valence-electron chi connectivity index (χ2n) is 4.95. The van der Waals surface area contributed by atoms with Crippen molar-refractivity contribution in [1.29, 1.82) is 0 Å². The van der Waals surface area contributed by atoms with Gasteiger partial charge >= 0.3 is 0 Å². The van der Waals surface area contributed by atoms with Crippen LogP contribution in [-0.4, -0.2) is 25.0 Å². The van der Waals surface area contributed by atoms with Crippen LogP contribution in [0.25, 0.3) is 0 Å². The Morgan fingerprint density at radius 2 is 1.39 bits per heavy atom. The molecule has 2 aromatic carbocycles. The lowest BCUT2D eigenvalue weighted by atomic mass is 10.2. The third-order valence-corrected chi connectivity index (χ3v) is 4.12. The summed E-state index contributed by atoms with van der Waals surface area (Å²) >= 11 is 23.9. The van der Waals surface area contributed by atoms with Gasteiger partial charge in [-0.3, -0.25) is 9.98 Å². The third kappa shape index (κ3) is 5.82. The molecule has 0 aromatic heterocycles. The minimum absolute atomic E-state index is 0.0177.